The lowest BCUT2D eigenvalue weighted by molar-refractivity contribution is -0.131. The van der Waals surface area contributed by atoms with Crippen LogP contribution in [0.15, 0.2) is 4.52 Å². The molecule has 6 heteroatoms. The predicted molar refractivity (Wildman–Crippen MR) is 72.5 cm³/mol. The van der Waals surface area contributed by atoms with Crippen LogP contribution >= 0.6 is 0 Å². The van der Waals surface area contributed by atoms with E-state index in [0.717, 1.165) is 51.5 Å². The molecular formula is C14H22N4O2. The molecule has 1 saturated heterocycles. The molecule has 0 spiro atoms. The number of likely N-dealkylation sites (tertiary alicyclic amines) is 1. The molecule has 2 N–H and O–H groups in total. The smallest absolute Gasteiger partial charge is 0.246 e. The number of nitrogens with zero attached hydrogens (tertiary/aromatic N) is 3. The van der Waals surface area contributed by atoms with Gasteiger partial charge in [0, 0.05) is 13.0 Å². The van der Waals surface area contributed by atoms with Gasteiger partial charge in [0.05, 0.1) is 12.1 Å². The van der Waals surface area contributed by atoms with Gasteiger partial charge in [-0.25, -0.2) is 0 Å². The lowest BCUT2D eigenvalue weighted by Gasteiger charge is -2.19. The summed E-state index contributed by atoms with van der Waals surface area (Å²) in [5, 5.41) is 4.03. The van der Waals surface area contributed by atoms with Gasteiger partial charge in [-0.1, -0.05) is 24.4 Å². The van der Waals surface area contributed by atoms with Crippen LogP contribution in [0.5, 0.6) is 0 Å². The summed E-state index contributed by atoms with van der Waals surface area (Å²) in [5.41, 5.74) is 5.89. The largest absolute Gasteiger partial charge is 0.337 e. The summed E-state index contributed by atoms with van der Waals surface area (Å²) in [6.45, 7) is 1.20. The third-order valence-electron chi connectivity index (χ3n) is 4.41. The van der Waals surface area contributed by atoms with Gasteiger partial charge in [-0.3, -0.25) is 4.79 Å². The Kier molecular flexibility index (Phi) is 3.74. The van der Waals surface area contributed by atoms with Crippen molar-refractivity contribution in [2.75, 3.05) is 6.54 Å². The van der Waals surface area contributed by atoms with Crippen LogP contribution in [-0.2, 0) is 16.9 Å². The first-order valence-corrected chi connectivity index (χ1v) is 7.57. The quantitative estimate of drug-likeness (QED) is 0.909. The van der Waals surface area contributed by atoms with Gasteiger partial charge in [-0.2, -0.15) is 4.98 Å². The average molecular weight is 278 g/mol. The number of hydrogen-bond acceptors (Lipinski definition) is 5. The molecule has 0 bridgehead atoms. The second kappa shape index (κ2) is 5.52. The highest BCUT2D eigenvalue weighted by atomic mass is 16.5. The molecule has 1 aromatic heterocycles. The summed E-state index contributed by atoms with van der Waals surface area (Å²) >= 11 is 0. The molecule has 6 nitrogen and oxygen atoms in total. The summed E-state index contributed by atoms with van der Waals surface area (Å²) in [7, 11) is 0. The number of nitrogens with two attached hydrogens (primary N) is 1. The number of carbonyl (C=O) groups excluding carboxylic acids is 1. The van der Waals surface area contributed by atoms with Crippen molar-refractivity contribution in [3.05, 3.63) is 11.7 Å². The molecule has 1 aliphatic heterocycles. The molecule has 110 valence electrons. The molecule has 0 aromatic carbocycles. The Labute approximate surface area is 118 Å². The molecule has 0 unspecified atom stereocenters. The minimum Gasteiger partial charge on any atom is -0.337 e. The van der Waals surface area contributed by atoms with Gasteiger partial charge in [-0.05, 0) is 25.7 Å². The van der Waals surface area contributed by atoms with Crippen molar-refractivity contribution in [2.24, 2.45) is 5.73 Å². The van der Waals surface area contributed by atoms with E-state index in [-0.39, 0.29) is 5.91 Å². The highest BCUT2D eigenvalue weighted by Crippen LogP contribution is 2.34. The Morgan fingerprint density at radius 3 is 2.80 bits per heavy atom. The standard InChI is InChI=1S/C14H22N4O2/c15-14(7-3-4-8-14)13-16-11(20-17-13)10-18-9-5-1-2-6-12(18)19/h1-10,15H2. The number of hydrogen-bond donors (Lipinski definition) is 1. The third-order valence-corrected chi connectivity index (χ3v) is 4.41. The van der Waals surface area contributed by atoms with Gasteiger partial charge in [0.15, 0.2) is 5.82 Å². The normalized spacial score (nSPS) is 23.1. The summed E-state index contributed by atoms with van der Waals surface area (Å²) < 4.78 is 5.30. The molecule has 0 radical (unpaired) electrons. The highest BCUT2D eigenvalue weighted by molar-refractivity contribution is 5.76. The zero-order chi connectivity index (χ0) is 14.0. The van der Waals surface area contributed by atoms with E-state index in [1.807, 2.05) is 4.90 Å². The summed E-state index contributed by atoms with van der Waals surface area (Å²) in [6, 6.07) is 0. The van der Waals surface area contributed by atoms with E-state index in [4.69, 9.17) is 10.3 Å². The Morgan fingerprint density at radius 2 is 2.00 bits per heavy atom. The molecule has 0 atom stereocenters. The van der Waals surface area contributed by atoms with Crippen LogP contribution < -0.4 is 5.73 Å². The fourth-order valence-electron chi connectivity index (χ4n) is 3.12. The van der Waals surface area contributed by atoms with E-state index in [9.17, 15) is 4.79 Å². The van der Waals surface area contributed by atoms with Crippen molar-refractivity contribution in [3.63, 3.8) is 0 Å². The monoisotopic (exact) mass is 278 g/mol. The van der Waals surface area contributed by atoms with Crippen LogP contribution in [-0.4, -0.2) is 27.5 Å². The molecule has 3 rings (SSSR count). The average Bonchev–Trinajstić information content (AvgIpc) is 3.02. The van der Waals surface area contributed by atoms with Gasteiger partial charge in [-0.15, -0.1) is 0 Å². The Bertz CT molecular complexity index is 479. The van der Waals surface area contributed by atoms with Crippen LogP contribution in [0.1, 0.15) is 63.1 Å². The Balaban J connectivity index is 1.69. The lowest BCUT2D eigenvalue weighted by Crippen LogP contribution is -2.34. The predicted octanol–water partition coefficient (Wildman–Crippen LogP) is 1.70. The van der Waals surface area contributed by atoms with Crippen LogP contribution in [0.3, 0.4) is 0 Å². The van der Waals surface area contributed by atoms with Crippen LogP contribution in [0.4, 0.5) is 0 Å². The van der Waals surface area contributed by atoms with E-state index in [1.54, 1.807) is 0 Å². The number of amides is 1. The van der Waals surface area contributed by atoms with Crippen molar-refractivity contribution < 1.29 is 9.32 Å². The topological polar surface area (TPSA) is 85.2 Å². The van der Waals surface area contributed by atoms with Crippen LogP contribution in [0.2, 0.25) is 0 Å². The maximum atomic E-state index is 12.0. The first kappa shape index (κ1) is 13.5. The summed E-state index contributed by atoms with van der Waals surface area (Å²) in [5.74, 6) is 1.30. The van der Waals surface area contributed by atoms with E-state index in [0.29, 0.717) is 24.7 Å². The van der Waals surface area contributed by atoms with E-state index in [2.05, 4.69) is 10.1 Å². The first-order valence-electron chi connectivity index (χ1n) is 7.57. The van der Waals surface area contributed by atoms with E-state index >= 15 is 0 Å². The molecule has 2 aliphatic rings. The molecule has 1 saturated carbocycles. The van der Waals surface area contributed by atoms with Gasteiger partial charge in [0.25, 0.3) is 0 Å². The molecule has 2 fully saturated rings. The van der Waals surface area contributed by atoms with Gasteiger partial charge in [0.1, 0.15) is 0 Å². The molecule has 1 aliphatic carbocycles. The second-order valence-electron chi connectivity index (χ2n) is 6.00. The molecular weight excluding hydrogens is 256 g/mol. The minimum absolute atomic E-state index is 0.186. The van der Waals surface area contributed by atoms with E-state index in [1.165, 1.54) is 0 Å². The van der Waals surface area contributed by atoms with Crippen molar-refractivity contribution in [2.45, 2.75) is 63.5 Å². The zero-order valence-electron chi connectivity index (χ0n) is 11.8. The number of carbonyl (C=O) groups is 1. The fourth-order valence-corrected chi connectivity index (χ4v) is 3.12. The summed E-state index contributed by atoms with van der Waals surface area (Å²) in [6.07, 6.45) is 7.83. The van der Waals surface area contributed by atoms with Crippen LogP contribution in [0, 0.1) is 0 Å². The number of aromatic nitrogens is 2. The number of rotatable bonds is 3. The summed E-state index contributed by atoms with van der Waals surface area (Å²) in [4.78, 5) is 18.2. The fraction of sp³-hybridized carbons (Fsp3) is 0.786. The maximum Gasteiger partial charge on any atom is 0.246 e. The Hall–Kier alpha value is -1.43. The van der Waals surface area contributed by atoms with Gasteiger partial charge in [0.2, 0.25) is 11.8 Å². The Morgan fingerprint density at radius 1 is 1.20 bits per heavy atom. The highest BCUT2D eigenvalue weighted by Gasteiger charge is 2.36. The molecule has 1 aromatic rings. The van der Waals surface area contributed by atoms with Crippen molar-refractivity contribution in [1.29, 1.82) is 0 Å². The van der Waals surface area contributed by atoms with Gasteiger partial charge < -0.3 is 15.2 Å². The van der Waals surface area contributed by atoms with Crippen molar-refractivity contribution in [1.82, 2.24) is 15.0 Å². The van der Waals surface area contributed by atoms with Crippen LogP contribution in [0.25, 0.3) is 0 Å². The third kappa shape index (κ3) is 2.70. The first-order chi connectivity index (χ1) is 9.67. The molecule has 1 amide bonds. The molecule has 2 heterocycles. The van der Waals surface area contributed by atoms with Gasteiger partial charge >= 0.3 is 0 Å². The van der Waals surface area contributed by atoms with Crippen molar-refractivity contribution in [3.8, 4) is 0 Å². The van der Waals surface area contributed by atoms with E-state index < -0.39 is 5.54 Å². The van der Waals surface area contributed by atoms with Crippen molar-refractivity contribution >= 4 is 5.91 Å². The molecule has 20 heavy (non-hydrogen) atoms. The minimum atomic E-state index is -0.426. The maximum absolute atomic E-state index is 12.0. The zero-order valence-corrected chi connectivity index (χ0v) is 11.8. The second-order valence-corrected chi connectivity index (χ2v) is 6.00. The SMILES string of the molecule is NC1(c2noc(CN3CCCCCC3=O)n2)CCCC1. The lowest BCUT2D eigenvalue weighted by atomic mass is 9.99.